The maximum atomic E-state index is 13.6. The van der Waals surface area contributed by atoms with Crippen LogP contribution in [0.1, 0.15) is 5.56 Å². The average Bonchev–Trinajstić information content (AvgIpc) is 3.50. The number of rotatable bonds is 6. The molecule has 0 atom stereocenters. The topological polar surface area (TPSA) is 84.2 Å². The van der Waals surface area contributed by atoms with Crippen LogP contribution in [-0.4, -0.2) is 46.5 Å². The van der Waals surface area contributed by atoms with Crippen LogP contribution in [-0.2, 0) is 0 Å². The van der Waals surface area contributed by atoms with Gasteiger partial charge in [-0.3, -0.25) is 0 Å². The molecule has 0 amide bonds. The molecule has 5 rings (SSSR count). The summed E-state index contributed by atoms with van der Waals surface area (Å²) in [4.78, 5) is 4.64. The molecule has 172 valence electrons. The zero-order valence-corrected chi connectivity index (χ0v) is 19.7. The number of aryl methyl sites for hydroxylation is 1. The Morgan fingerprint density at radius 2 is 1.65 bits per heavy atom. The van der Waals surface area contributed by atoms with Crippen molar-refractivity contribution in [2.24, 2.45) is 0 Å². The van der Waals surface area contributed by atoms with Gasteiger partial charge in [-0.05, 0) is 71.4 Å². The molecule has 0 bridgehead atoms. The van der Waals surface area contributed by atoms with Crippen LogP contribution in [0.3, 0.4) is 0 Å². The molecule has 5 aromatic rings. The van der Waals surface area contributed by atoms with Crippen molar-refractivity contribution in [2.45, 2.75) is 6.92 Å². The number of thiazole rings is 1. The van der Waals surface area contributed by atoms with Crippen LogP contribution in [0, 0.1) is 12.7 Å². The predicted octanol–water partition coefficient (Wildman–Crippen LogP) is 5.08. The number of benzene rings is 3. The quantitative estimate of drug-likeness (QED) is 0.337. The lowest BCUT2D eigenvalue weighted by Gasteiger charge is -2.14. The number of hydrogen-bond acceptors (Lipinski definition) is 8. The predicted molar refractivity (Wildman–Crippen MR) is 128 cm³/mol. The molecule has 2 aromatic heterocycles. The molecule has 0 fully saturated rings. The van der Waals surface area contributed by atoms with Crippen LogP contribution in [0.15, 0.2) is 48.5 Å². The van der Waals surface area contributed by atoms with Gasteiger partial charge < -0.3 is 14.2 Å². The first kappa shape index (κ1) is 21.8. The zero-order valence-electron chi connectivity index (χ0n) is 18.9. The minimum absolute atomic E-state index is 0.271. The number of hydrogen-bond donors (Lipinski definition) is 0. The lowest BCUT2D eigenvalue weighted by atomic mass is 10.1. The zero-order chi connectivity index (χ0) is 23.8. The van der Waals surface area contributed by atoms with Crippen LogP contribution < -0.4 is 14.2 Å². The molecule has 0 N–H and O–H groups in total. The van der Waals surface area contributed by atoms with Gasteiger partial charge in [0.15, 0.2) is 17.3 Å². The molecule has 8 nitrogen and oxygen atoms in total. The molecule has 0 saturated heterocycles. The summed E-state index contributed by atoms with van der Waals surface area (Å²) in [5, 5.41) is 13.2. The molecule has 0 aliphatic rings. The lowest BCUT2D eigenvalue weighted by molar-refractivity contribution is 0.324. The second-order valence-electron chi connectivity index (χ2n) is 7.46. The first-order chi connectivity index (χ1) is 16.5. The molecule has 2 heterocycles. The van der Waals surface area contributed by atoms with Crippen LogP contribution in [0.5, 0.6) is 17.2 Å². The van der Waals surface area contributed by atoms with E-state index in [1.165, 1.54) is 23.5 Å². The van der Waals surface area contributed by atoms with E-state index in [4.69, 9.17) is 14.2 Å². The maximum absolute atomic E-state index is 13.6. The molecule has 0 radical (unpaired) electrons. The third kappa shape index (κ3) is 3.71. The van der Waals surface area contributed by atoms with Crippen LogP contribution in [0.4, 0.5) is 4.39 Å². The van der Waals surface area contributed by atoms with Crippen LogP contribution in [0.2, 0.25) is 0 Å². The van der Waals surface area contributed by atoms with E-state index in [0.717, 1.165) is 32.0 Å². The Morgan fingerprint density at radius 3 is 2.32 bits per heavy atom. The highest BCUT2D eigenvalue weighted by atomic mass is 32.1. The largest absolute Gasteiger partial charge is 0.493 e. The van der Waals surface area contributed by atoms with Crippen molar-refractivity contribution in [1.82, 2.24) is 25.2 Å². The van der Waals surface area contributed by atoms with Gasteiger partial charge in [-0.15, -0.1) is 16.4 Å². The van der Waals surface area contributed by atoms with Crippen LogP contribution >= 0.6 is 11.3 Å². The summed E-state index contributed by atoms with van der Waals surface area (Å²) in [5.74, 6) is 1.75. The van der Waals surface area contributed by atoms with Crippen molar-refractivity contribution < 1.29 is 18.6 Å². The van der Waals surface area contributed by atoms with E-state index in [1.54, 1.807) is 44.2 Å². The SMILES string of the molecule is COc1cc(-c2nnnn2-c2ccc(-c3nc4ccc(F)cc4s3)cc2C)cc(OC)c1OC. The molecule has 0 spiro atoms. The number of nitrogens with zero attached hydrogens (tertiary/aromatic N) is 5. The van der Waals surface area contributed by atoms with Gasteiger partial charge in [0.2, 0.25) is 5.75 Å². The van der Waals surface area contributed by atoms with Gasteiger partial charge in [0.05, 0.1) is 37.2 Å². The maximum Gasteiger partial charge on any atom is 0.203 e. The Hall–Kier alpha value is -4.05. The second-order valence-corrected chi connectivity index (χ2v) is 8.49. The van der Waals surface area contributed by atoms with Gasteiger partial charge in [0, 0.05) is 11.1 Å². The molecule has 0 aliphatic carbocycles. The highest BCUT2D eigenvalue weighted by Gasteiger charge is 2.19. The van der Waals surface area contributed by atoms with E-state index < -0.39 is 0 Å². The second kappa shape index (κ2) is 8.71. The van der Waals surface area contributed by atoms with Crippen molar-refractivity contribution >= 4 is 21.6 Å². The van der Waals surface area contributed by atoms with E-state index in [9.17, 15) is 4.39 Å². The molecular weight excluding hydrogens is 457 g/mol. The summed E-state index contributed by atoms with van der Waals surface area (Å²) >= 11 is 1.45. The summed E-state index contributed by atoms with van der Waals surface area (Å²) in [6.07, 6.45) is 0. The summed E-state index contributed by atoms with van der Waals surface area (Å²) < 4.78 is 32.4. The Bertz CT molecular complexity index is 1490. The first-order valence-electron chi connectivity index (χ1n) is 10.3. The van der Waals surface area contributed by atoms with E-state index in [-0.39, 0.29) is 5.82 Å². The molecule has 10 heteroatoms. The number of halogens is 1. The van der Waals surface area contributed by atoms with Gasteiger partial charge in [0.1, 0.15) is 10.8 Å². The molecule has 0 saturated carbocycles. The van der Waals surface area contributed by atoms with Gasteiger partial charge in [-0.1, -0.05) is 0 Å². The van der Waals surface area contributed by atoms with Crippen molar-refractivity contribution in [2.75, 3.05) is 21.3 Å². The standard InChI is InChI=1S/C24H20FN5O3S/c1-13-9-14(24-26-17-7-6-16(25)12-21(17)34-24)5-8-18(13)30-23(27-28-29-30)15-10-19(31-2)22(33-4)20(11-15)32-3/h5-12H,1-4H3. The minimum atomic E-state index is -0.271. The first-order valence-corrected chi connectivity index (χ1v) is 11.1. The van der Waals surface area contributed by atoms with E-state index in [0.29, 0.717) is 28.6 Å². The number of tetrazole rings is 1. The van der Waals surface area contributed by atoms with Crippen molar-refractivity contribution in [3.05, 3.63) is 59.9 Å². The Balaban J connectivity index is 1.56. The van der Waals surface area contributed by atoms with Gasteiger partial charge >= 0.3 is 0 Å². The fraction of sp³-hybridized carbons (Fsp3) is 0.167. The van der Waals surface area contributed by atoms with E-state index in [2.05, 4.69) is 20.5 Å². The Morgan fingerprint density at radius 1 is 0.882 bits per heavy atom. The number of ether oxygens (including phenoxy) is 3. The highest BCUT2D eigenvalue weighted by Crippen LogP contribution is 2.41. The third-order valence-electron chi connectivity index (χ3n) is 5.41. The van der Waals surface area contributed by atoms with Crippen LogP contribution in [0.25, 0.3) is 37.9 Å². The lowest BCUT2D eigenvalue weighted by Crippen LogP contribution is -2.03. The molecule has 0 aliphatic heterocycles. The van der Waals surface area contributed by atoms with E-state index in [1.807, 2.05) is 25.1 Å². The summed E-state index contributed by atoms with van der Waals surface area (Å²) in [5.41, 5.74) is 4.17. The molecular formula is C24H20FN5O3S. The summed E-state index contributed by atoms with van der Waals surface area (Å²) in [7, 11) is 4.67. The minimum Gasteiger partial charge on any atom is -0.493 e. The Labute approximate surface area is 198 Å². The summed E-state index contributed by atoms with van der Waals surface area (Å²) in [6, 6.07) is 14.1. The van der Waals surface area contributed by atoms with Crippen molar-refractivity contribution in [1.29, 1.82) is 0 Å². The smallest absolute Gasteiger partial charge is 0.203 e. The van der Waals surface area contributed by atoms with E-state index >= 15 is 0 Å². The number of aromatic nitrogens is 5. The fourth-order valence-electron chi connectivity index (χ4n) is 3.79. The number of fused-ring (bicyclic) bond motifs is 1. The number of methoxy groups -OCH3 is 3. The van der Waals surface area contributed by atoms with Crippen molar-refractivity contribution in [3.8, 4) is 44.9 Å². The van der Waals surface area contributed by atoms with Gasteiger partial charge in [-0.25, -0.2) is 9.37 Å². The monoisotopic (exact) mass is 477 g/mol. The molecule has 3 aromatic carbocycles. The summed E-state index contributed by atoms with van der Waals surface area (Å²) in [6.45, 7) is 1.98. The van der Waals surface area contributed by atoms with Crippen molar-refractivity contribution in [3.63, 3.8) is 0 Å². The van der Waals surface area contributed by atoms with Gasteiger partial charge in [-0.2, -0.15) is 4.68 Å². The molecule has 34 heavy (non-hydrogen) atoms. The van der Waals surface area contributed by atoms with Gasteiger partial charge in [0.25, 0.3) is 0 Å². The highest BCUT2D eigenvalue weighted by molar-refractivity contribution is 7.21. The Kier molecular flexibility index (Phi) is 5.58. The average molecular weight is 478 g/mol. The third-order valence-corrected chi connectivity index (χ3v) is 6.48. The normalized spacial score (nSPS) is 11.1. The fourth-order valence-corrected chi connectivity index (χ4v) is 4.77. The molecule has 0 unspecified atom stereocenters.